The molecule has 0 fully saturated rings. The van der Waals surface area contributed by atoms with Crippen LogP contribution in [-0.4, -0.2) is 26.8 Å². The standard InChI is InChI=1S/C18H21ClN2O3/c1-5-21(13-8-6-7-12(2)9-13)18(22)20-15-11-16(23-3)14(19)10-17(15)24-4/h6-11H,5H2,1-4H3,(H,20,22). The number of halogens is 1. The van der Waals surface area contributed by atoms with Crippen LogP contribution in [0.2, 0.25) is 5.02 Å². The maximum atomic E-state index is 12.7. The molecule has 0 bridgehead atoms. The Hall–Kier alpha value is -2.40. The first-order valence-corrected chi connectivity index (χ1v) is 7.94. The molecule has 2 aromatic carbocycles. The van der Waals surface area contributed by atoms with E-state index in [9.17, 15) is 4.79 Å². The number of hydrogen-bond donors (Lipinski definition) is 1. The highest BCUT2D eigenvalue weighted by molar-refractivity contribution is 6.32. The van der Waals surface area contributed by atoms with Gasteiger partial charge in [0, 0.05) is 24.4 Å². The predicted octanol–water partition coefficient (Wildman–Crippen LogP) is 4.72. The minimum atomic E-state index is -0.259. The maximum absolute atomic E-state index is 12.7. The molecular formula is C18H21ClN2O3. The molecule has 0 aromatic heterocycles. The predicted molar refractivity (Wildman–Crippen MR) is 97.8 cm³/mol. The van der Waals surface area contributed by atoms with Crippen molar-refractivity contribution in [3.05, 3.63) is 47.0 Å². The quantitative estimate of drug-likeness (QED) is 0.850. The molecule has 1 N–H and O–H groups in total. The number of carbonyl (C=O) groups is 1. The van der Waals surface area contributed by atoms with Gasteiger partial charge < -0.3 is 14.8 Å². The highest BCUT2D eigenvalue weighted by atomic mass is 35.5. The molecule has 2 amide bonds. The zero-order valence-electron chi connectivity index (χ0n) is 14.2. The Kier molecular flexibility index (Phi) is 5.93. The van der Waals surface area contributed by atoms with Gasteiger partial charge in [-0.1, -0.05) is 23.7 Å². The number of hydrogen-bond acceptors (Lipinski definition) is 3. The van der Waals surface area contributed by atoms with Crippen LogP contribution in [-0.2, 0) is 0 Å². The number of amides is 2. The van der Waals surface area contributed by atoms with Crippen molar-refractivity contribution in [2.45, 2.75) is 13.8 Å². The molecular weight excluding hydrogens is 328 g/mol. The Morgan fingerprint density at radius 1 is 1.17 bits per heavy atom. The molecule has 0 saturated carbocycles. The zero-order valence-corrected chi connectivity index (χ0v) is 15.0. The van der Waals surface area contributed by atoms with Gasteiger partial charge in [-0.2, -0.15) is 0 Å². The fourth-order valence-electron chi connectivity index (χ4n) is 2.38. The Labute approximate surface area is 147 Å². The summed E-state index contributed by atoms with van der Waals surface area (Å²) in [4.78, 5) is 14.3. The first-order valence-electron chi connectivity index (χ1n) is 7.56. The van der Waals surface area contributed by atoms with Gasteiger partial charge in [0.1, 0.15) is 11.5 Å². The topological polar surface area (TPSA) is 50.8 Å². The number of benzene rings is 2. The van der Waals surface area contributed by atoms with Gasteiger partial charge in [0.05, 0.1) is 24.9 Å². The third-order valence-electron chi connectivity index (χ3n) is 3.59. The first kappa shape index (κ1) is 17.9. The van der Waals surface area contributed by atoms with Crippen LogP contribution in [0, 0.1) is 6.92 Å². The Bertz CT molecular complexity index is 734. The van der Waals surface area contributed by atoms with Gasteiger partial charge in [-0.3, -0.25) is 4.90 Å². The number of aryl methyl sites for hydroxylation is 1. The van der Waals surface area contributed by atoms with Gasteiger partial charge in [-0.25, -0.2) is 4.79 Å². The summed E-state index contributed by atoms with van der Waals surface area (Å²) in [5.74, 6) is 0.931. The molecule has 6 heteroatoms. The lowest BCUT2D eigenvalue weighted by Crippen LogP contribution is -2.34. The molecule has 0 aliphatic rings. The third-order valence-corrected chi connectivity index (χ3v) is 3.89. The second-order valence-corrected chi connectivity index (χ2v) is 5.61. The number of methoxy groups -OCH3 is 2. The first-order chi connectivity index (χ1) is 11.5. The van der Waals surface area contributed by atoms with E-state index in [1.54, 1.807) is 17.0 Å². The van der Waals surface area contributed by atoms with E-state index in [1.807, 2.05) is 38.1 Å². The second-order valence-electron chi connectivity index (χ2n) is 5.20. The van der Waals surface area contributed by atoms with Crippen molar-refractivity contribution in [2.24, 2.45) is 0 Å². The molecule has 2 aromatic rings. The van der Waals surface area contributed by atoms with Crippen molar-refractivity contribution in [1.82, 2.24) is 0 Å². The number of nitrogens with zero attached hydrogens (tertiary/aromatic N) is 1. The van der Waals surface area contributed by atoms with Gasteiger partial charge in [0.25, 0.3) is 0 Å². The molecule has 128 valence electrons. The van der Waals surface area contributed by atoms with E-state index >= 15 is 0 Å². The third kappa shape index (κ3) is 3.92. The molecule has 0 radical (unpaired) electrons. The number of carbonyl (C=O) groups excluding carboxylic acids is 1. The molecule has 0 atom stereocenters. The fraction of sp³-hybridized carbons (Fsp3) is 0.278. The van der Waals surface area contributed by atoms with Crippen LogP contribution in [0.5, 0.6) is 11.5 Å². The zero-order chi connectivity index (χ0) is 17.7. The summed E-state index contributed by atoms with van der Waals surface area (Å²) < 4.78 is 10.5. The smallest absolute Gasteiger partial charge is 0.326 e. The molecule has 0 spiro atoms. The summed E-state index contributed by atoms with van der Waals surface area (Å²) in [6, 6.07) is 10.8. The van der Waals surface area contributed by atoms with Crippen molar-refractivity contribution in [3.8, 4) is 11.5 Å². The lowest BCUT2D eigenvalue weighted by Gasteiger charge is -2.23. The average molecular weight is 349 g/mol. The lowest BCUT2D eigenvalue weighted by molar-refractivity contribution is 0.257. The van der Waals surface area contributed by atoms with Crippen LogP contribution in [0.3, 0.4) is 0 Å². The Morgan fingerprint density at radius 2 is 1.88 bits per heavy atom. The van der Waals surface area contributed by atoms with Gasteiger partial charge in [-0.05, 0) is 31.5 Å². The van der Waals surface area contributed by atoms with Gasteiger partial charge >= 0.3 is 6.03 Å². The summed E-state index contributed by atoms with van der Waals surface area (Å²) in [6.45, 7) is 4.44. The number of urea groups is 1. The molecule has 0 heterocycles. The van der Waals surface area contributed by atoms with E-state index in [1.165, 1.54) is 14.2 Å². The van der Waals surface area contributed by atoms with Crippen LogP contribution in [0.25, 0.3) is 0 Å². The highest BCUT2D eigenvalue weighted by Crippen LogP contribution is 2.36. The van der Waals surface area contributed by atoms with E-state index < -0.39 is 0 Å². The van der Waals surface area contributed by atoms with Crippen molar-refractivity contribution >= 4 is 29.0 Å². The monoisotopic (exact) mass is 348 g/mol. The lowest BCUT2D eigenvalue weighted by atomic mass is 10.2. The Morgan fingerprint density at radius 3 is 2.46 bits per heavy atom. The second kappa shape index (κ2) is 7.93. The van der Waals surface area contributed by atoms with Crippen molar-refractivity contribution in [3.63, 3.8) is 0 Å². The molecule has 0 aliphatic heterocycles. The van der Waals surface area contributed by atoms with Gasteiger partial charge in [-0.15, -0.1) is 0 Å². The van der Waals surface area contributed by atoms with Gasteiger partial charge in [0.15, 0.2) is 0 Å². The normalized spacial score (nSPS) is 10.2. The van der Waals surface area contributed by atoms with Gasteiger partial charge in [0.2, 0.25) is 0 Å². The summed E-state index contributed by atoms with van der Waals surface area (Å²) in [5.41, 5.74) is 2.41. The molecule has 24 heavy (non-hydrogen) atoms. The van der Waals surface area contributed by atoms with Crippen LogP contribution in [0.1, 0.15) is 12.5 Å². The summed E-state index contributed by atoms with van der Waals surface area (Å²) in [7, 11) is 3.04. The van der Waals surface area contributed by atoms with Crippen LogP contribution in [0.4, 0.5) is 16.2 Å². The number of ether oxygens (including phenoxy) is 2. The number of anilines is 2. The minimum Gasteiger partial charge on any atom is -0.495 e. The summed E-state index contributed by atoms with van der Waals surface area (Å²) >= 11 is 6.09. The molecule has 0 unspecified atom stereocenters. The van der Waals surface area contributed by atoms with Crippen LogP contribution in [0.15, 0.2) is 36.4 Å². The SMILES string of the molecule is CCN(C(=O)Nc1cc(OC)c(Cl)cc1OC)c1cccc(C)c1. The minimum absolute atomic E-state index is 0.259. The number of rotatable bonds is 5. The van der Waals surface area contributed by atoms with Crippen LogP contribution < -0.4 is 19.7 Å². The van der Waals surface area contributed by atoms with E-state index in [0.29, 0.717) is 28.8 Å². The van der Waals surface area contributed by atoms with Crippen molar-refractivity contribution < 1.29 is 14.3 Å². The van der Waals surface area contributed by atoms with E-state index in [4.69, 9.17) is 21.1 Å². The number of nitrogens with one attached hydrogen (secondary N) is 1. The largest absolute Gasteiger partial charge is 0.495 e. The summed E-state index contributed by atoms with van der Waals surface area (Å²) in [5, 5.41) is 3.27. The highest BCUT2D eigenvalue weighted by Gasteiger charge is 2.17. The van der Waals surface area contributed by atoms with E-state index in [2.05, 4.69) is 5.32 Å². The molecule has 5 nitrogen and oxygen atoms in total. The average Bonchev–Trinajstić information content (AvgIpc) is 2.56. The molecule has 2 rings (SSSR count). The van der Waals surface area contributed by atoms with Crippen LogP contribution >= 0.6 is 11.6 Å². The molecule has 0 aliphatic carbocycles. The maximum Gasteiger partial charge on any atom is 0.326 e. The van der Waals surface area contributed by atoms with E-state index in [-0.39, 0.29) is 6.03 Å². The van der Waals surface area contributed by atoms with Crippen molar-refractivity contribution in [1.29, 1.82) is 0 Å². The Balaban J connectivity index is 2.30. The molecule has 0 saturated heterocycles. The van der Waals surface area contributed by atoms with Crippen molar-refractivity contribution in [2.75, 3.05) is 31.0 Å². The summed E-state index contributed by atoms with van der Waals surface area (Å²) in [6.07, 6.45) is 0. The fourth-order valence-corrected chi connectivity index (χ4v) is 2.61. The van der Waals surface area contributed by atoms with E-state index in [0.717, 1.165) is 11.3 Å².